The summed E-state index contributed by atoms with van der Waals surface area (Å²) >= 11 is 0. The van der Waals surface area contributed by atoms with E-state index >= 15 is 0 Å². The predicted molar refractivity (Wildman–Crippen MR) is 35.4 cm³/mol. The zero-order valence-corrected chi connectivity index (χ0v) is 6.26. The van der Waals surface area contributed by atoms with Gasteiger partial charge < -0.3 is 0 Å². The molecule has 1 aliphatic rings. The largest absolute Gasteiger partial charge is 0.274 e. The van der Waals surface area contributed by atoms with Gasteiger partial charge in [0.05, 0.1) is 6.54 Å². The fourth-order valence-electron chi connectivity index (χ4n) is 0.745. The van der Waals surface area contributed by atoms with Crippen molar-refractivity contribution < 1.29 is 13.2 Å². The summed E-state index contributed by atoms with van der Waals surface area (Å²) in [6.07, 6.45) is 1.44. The van der Waals surface area contributed by atoms with Crippen molar-refractivity contribution in [2.45, 2.75) is 6.92 Å². The summed E-state index contributed by atoms with van der Waals surface area (Å²) < 4.78 is 22.5. The summed E-state index contributed by atoms with van der Waals surface area (Å²) in [6, 6.07) is 0. The van der Waals surface area contributed by atoms with Crippen LogP contribution in [-0.2, 0) is 14.8 Å². The fraction of sp³-hybridized carbons (Fsp3) is 0.400. The summed E-state index contributed by atoms with van der Waals surface area (Å²) in [5.74, 6) is -0.440. The first-order valence-corrected chi connectivity index (χ1v) is 4.24. The molecule has 1 aliphatic heterocycles. The molecule has 0 aromatic rings. The number of rotatable bonds is 0. The zero-order valence-electron chi connectivity index (χ0n) is 5.44. The van der Waals surface area contributed by atoms with Gasteiger partial charge in [-0.2, -0.15) is 0 Å². The van der Waals surface area contributed by atoms with Crippen molar-refractivity contribution in [2.75, 3.05) is 6.54 Å². The highest BCUT2D eigenvalue weighted by molar-refractivity contribution is 7.92. The van der Waals surface area contributed by atoms with E-state index in [9.17, 15) is 13.2 Å². The summed E-state index contributed by atoms with van der Waals surface area (Å²) in [5, 5.41) is 1.04. The number of carbonyl (C=O) groups is 1. The molecule has 10 heavy (non-hydrogen) atoms. The van der Waals surface area contributed by atoms with Crippen molar-refractivity contribution >= 4 is 15.9 Å². The molecule has 1 heterocycles. The SMILES string of the molecule is CC(=O)N1CC=CS1(=O)=O. The van der Waals surface area contributed by atoms with Gasteiger partial charge in [-0.1, -0.05) is 6.08 Å². The summed E-state index contributed by atoms with van der Waals surface area (Å²) in [5.41, 5.74) is 0. The van der Waals surface area contributed by atoms with Gasteiger partial charge in [0.2, 0.25) is 5.91 Å². The second-order valence-corrected chi connectivity index (χ2v) is 3.71. The smallest absolute Gasteiger partial charge is 0.259 e. The summed E-state index contributed by atoms with van der Waals surface area (Å²) in [7, 11) is -3.38. The standard InChI is InChI=1S/C5H7NO3S/c1-5(7)6-3-2-4-10(6,8)9/h2,4H,3H2,1H3. The molecule has 0 N–H and O–H groups in total. The van der Waals surface area contributed by atoms with E-state index < -0.39 is 15.9 Å². The highest BCUT2D eigenvalue weighted by Crippen LogP contribution is 2.09. The van der Waals surface area contributed by atoms with Crippen LogP contribution in [-0.4, -0.2) is 25.2 Å². The number of sulfonamides is 1. The molecule has 1 amide bonds. The average Bonchev–Trinajstić information content (AvgIpc) is 2.08. The number of nitrogens with zero attached hydrogens (tertiary/aromatic N) is 1. The molecule has 0 saturated carbocycles. The van der Waals surface area contributed by atoms with E-state index in [1.165, 1.54) is 13.0 Å². The molecule has 0 spiro atoms. The third kappa shape index (κ3) is 1.04. The Morgan fingerprint density at radius 2 is 2.20 bits per heavy atom. The Morgan fingerprint density at radius 1 is 1.60 bits per heavy atom. The number of amides is 1. The quantitative estimate of drug-likeness (QED) is 0.489. The molecular formula is C5H7NO3S. The van der Waals surface area contributed by atoms with Gasteiger partial charge in [0.1, 0.15) is 0 Å². The zero-order chi connectivity index (χ0) is 7.78. The van der Waals surface area contributed by atoms with Gasteiger partial charge in [0, 0.05) is 12.3 Å². The third-order valence-electron chi connectivity index (χ3n) is 1.20. The second kappa shape index (κ2) is 2.09. The molecule has 4 nitrogen and oxygen atoms in total. The Balaban J connectivity index is 2.97. The van der Waals surface area contributed by atoms with Crippen LogP contribution in [0, 0.1) is 0 Å². The minimum absolute atomic E-state index is 0.178. The van der Waals surface area contributed by atoms with Crippen LogP contribution in [0.2, 0.25) is 0 Å². The van der Waals surface area contributed by atoms with Gasteiger partial charge in [0.15, 0.2) is 0 Å². The van der Waals surface area contributed by atoms with Gasteiger partial charge in [-0.05, 0) is 0 Å². The van der Waals surface area contributed by atoms with Crippen LogP contribution < -0.4 is 0 Å². The van der Waals surface area contributed by atoms with Gasteiger partial charge >= 0.3 is 0 Å². The van der Waals surface area contributed by atoms with E-state index in [1.807, 2.05) is 0 Å². The monoisotopic (exact) mass is 161 g/mol. The molecule has 0 atom stereocenters. The first-order valence-electron chi connectivity index (χ1n) is 2.74. The van der Waals surface area contributed by atoms with Crippen molar-refractivity contribution in [3.63, 3.8) is 0 Å². The lowest BCUT2D eigenvalue weighted by Crippen LogP contribution is -2.29. The number of hydrogen-bond donors (Lipinski definition) is 0. The molecule has 0 aliphatic carbocycles. The maximum Gasteiger partial charge on any atom is 0.259 e. The second-order valence-electron chi connectivity index (χ2n) is 1.97. The lowest BCUT2D eigenvalue weighted by atomic mass is 10.6. The van der Waals surface area contributed by atoms with E-state index in [0.29, 0.717) is 0 Å². The summed E-state index contributed by atoms with van der Waals surface area (Å²) in [4.78, 5) is 10.6. The lowest BCUT2D eigenvalue weighted by molar-refractivity contribution is -0.123. The molecule has 0 fully saturated rings. The van der Waals surface area contributed by atoms with Crippen LogP contribution in [0.25, 0.3) is 0 Å². The van der Waals surface area contributed by atoms with E-state index in [1.54, 1.807) is 0 Å². The molecule has 0 bridgehead atoms. The van der Waals surface area contributed by atoms with E-state index in [0.717, 1.165) is 9.71 Å². The van der Waals surface area contributed by atoms with Crippen LogP contribution in [0.1, 0.15) is 6.92 Å². The molecule has 0 unspecified atom stereocenters. The molecule has 0 aromatic carbocycles. The number of carbonyl (C=O) groups excluding carboxylic acids is 1. The Hall–Kier alpha value is -0.840. The third-order valence-corrected chi connectivity index (χ3v) is 2.75. The Labute approximate surface area is 59.2 Å². The first kappa shape index (κ1) is 7.27. The van der Waals surface area contributed by atoms with E-state index in [2.05, 4.69) is 0 Å². The van der Waals surface area contributed by atoms with E-state index in [4.69, 9.17) is 0 Å². The van der Waals surface area contributed by atoms with Crippen molar-refractivity contribution in [2.24, 2.45) is 0 Å². The van der Waals surface area contributed by atoms with Gasteiger partial charge in [-0.15, -0.1) is 0 Å². The van der Waals surface area contributed by atoms with E-state index in [-0.39, 0.29) is 6.54 Å². The fourth-order valence-corrected chi connectivity index (χ4v) is 1.87. The maximum atomic E-state index is 10.8. The summed E-state index contributed by atoms with van der Waals surface area (Å²) in [6.45, 7) is 1.40. The highest BCUT2D eigenvalue weighted by atomic mass is 32.2. The van der Waals surface area contributed by atoms with Crippen molar-refractivity contribution in [1.82, 2.24) is 4.31 Å². The maximum absolute atomic E-state index is 10.8. The number of hydrogen-bond acceptors (Lipinski definition) is 3. The molecule has 0 saturated heterocycles. The normalized spacial score (nSPS) is 21.5. The van der Waals surface area contributed by atoms with Crippen LogP contribution in [0.5, 0.6) is 0 Å². The highest BCUT2D eigenvalue weighted by Gasteiger charge is 2.24. The molecule has 1 rings (SSSR count). The minimum atomic E-state index is -3.38. The molecular weight excluding hydrogens is 154 g/mol. The van der Waals surface area contributed by atoms with Crippen molar-refractivity contribution in [1.29, 1.82) is 0 Å². The van der Waals surface area contributed by atoms with Crippen molar-refractivity contribution in [3.8, 4) is 0 Å². The first-order chi connectivity index (χ1) is 4.54. The van der Waals surface area contributed by atoms with Crippen molar-refractivity contribution in [3.05, 3.63) is 11.5 Å². The van der Waals surface area contributed by atoms with Crippen LogP contribution in [0.15, 0.2) is 11.5 Å². The lowest BCUT2D eigenvalue weighted by Gasteiger charge is -2.10. The van der Waals surface area contributed by atoms with Gasteiger partial charge in [-0.3, -0.25) is 4.79 Å². The molecule has 0 radical (unpaired) electrons. The topological polar surface area (TPSA) is 54.5 Å². The molecule has 0 aromatic heterocycles. The van der Waals surface area contributed by atoms with Crippen LogP contribution in [0.4, 0.5) is 0 Å². The average molecular weight is 161 g/mol. The Bertz CT molecular complexity index is 277. The van der Waals surface area contributed by atoms with Crippen LogP contribution >= 0.6 is 0 Å². The van der Waals surface area contributed by atoms with Gasteiger partial charge in [-0.25, -0.2) is 12.7 Å². The minimum Gasteiger partial charge on any atom is -0.274 e. The molecule has 56 valence electrons. The van der Waals surface area contributed by atoms with Gasteiger partial charge in [0.25, 0.3) is 10.0 Å². The molecule has 5 heteroatoms. The predicted octanol–water partition coefficient (Wildman–Crippen LogP) is -0.308. The Morgan fingerprint density at radius 3 is 2.40 bits per heavy atom. The van der Waals surface area contributed by atoms with Crippen LogP contribution in [0.3, 0.4) is 0 Å². The Kier molecular flexibility index (Phi) is 1.52.